The summed E-state index contributed by atoms with van der Waals surface area (Å²) < 4.78 is 42.5. The van der Waals surface area contributed by atoms with Gasteiger partial charge in [-0.1, -0.05) is 29.8 Å². The Balaban J connectivity index is 1.77. The zero-order chi connectivity index (χ0) is 21.3. The zero-order valence-electron chi connectivity index (χ0n) is 15.4. The molecule has 3 heterocycles. The van der Waals surface area contributed by atoms with E-state index in [9.17, 15) is 18.0 Å². The number of pyridine rings is 2. The molecular formula is C21H16ClF3N4O+2. The second kappa shape index (κ2) is 7.79. The lowest BCUT2D eigenvalue weighted by Crippen LogP contribution is -2.42. The number of carbonyl (C=O) groups excluding carboxylic acids is 1. The fraction of sp³-hybridized carbons (Fsp3) is 0.0952. The van der Waals surface area contributed by atoms with Crippen LogP contribution >= 0.6 is 11.6 Å². The third kappa shape index (κ3) is 3.86. The Morgan fingerprint density at radius 3 is 2.67 bits per heavy atom. The lowest BCUT2D eigenvalue weighted by atomic mass is 10.1. The number of nitrogens with one attached hydrogen (secondary N) is 3. The fourth-order valence-corrected chi connectivity index (χ4v) is 3.45. The first-order valence-electron chi connectivity index (χ1n) is 8.96. The first-order valence-corrected chi connectivity index (χ1v) is 9.34. The highest BCUT2D eigenvalue weighted by Crippen LogP contribution is 2.32. The topological polar surface area (TPSA) is 63.1 Å². The van der Waals surface area contributed by atoms with Crippen LogP contribution in [0.3, 0.4) is 0 Å². The SMILES string of the molecule is O=C(NC(c1ccc[nH+]c1)C(F)(F)F)c1[nH]c(-c2cccc(Cl)c2)c2cccc[n+]12. The van der Waals surface area contributed by atoms with Gasteiger partial charge in [0.15, 0.2) is 29.6 Å². The van der Waals surface area contributed by atoms with Crippen molar-refractivity contribution >= 4 is 23.0 Å². The summed E-state index contributed by atoms with van der Waals surface area (Å²) in [5.41, 5.74) is 1.80. The van der Waals surface area contributed by atoms with E-state index in [1.807, 2.05) is 0 Å². The van der Waals surface area contributed by atoms with Gasteiger partial charge in [-0.3, -0.25) is 4.79 Å². The second-order valence-corrected chi connectivity index (χ2v) is 7.04. The maximum atomic E-state index is 13.7. The number of alkyl halides is 3. The van der Waals surface area contributed by atoms with Gasteiger partial charge in [0.1, 0.15) is 0 Å². The van der Waals surface area contributed by atoms with Crippen LogP contribution < -0.4 is 14.7 Å². The number of H-pyrrole nitrogens is 2. The normalized spacial score (nSPS) is 12.7. The Hall–Kier alpha value is -3.39. The summed E-state index contributed by atoms with van der Waals surface area (Å²) in [6.45, 7) is 0. The summed E-state index contributed by atoms with van der Waals surface area (Å²) in [6.07, 6.45) is -0.373. The van der Waals surface area contributed by atoms with Crippen LogP contribution in [0.25, 0.3) is 16.8 Å². The summed E-state index contributed by atoms with van der Waals surface area (Å²) in [5, 5.41) is 2.60. The van der Waals surface area contributed by atoms with Crippen LogP contribution in [0.1, 0.15) is 22.2 Å². The molecule has 1 atom stereocenters. The van der Waals surface area contributed by atoms with Crippen molar-refractivity contribution in [3.8, 4) is 11.3 Å². The van der Waals surface area contributed by atoms with Gasteiger partial charge in [-0.25, -0.2) is 9.97 Å². The molecular weight excluding hydrogens is 417 g/mol. The third-order valence-corrected chi connectivity index (χ3v) is 4.83. The van der Waals surface area contributed by atoms with Crippen molar-refractivity contribution in [2.24, 2.45) is 0 Å². The summed E-state index contributed by atoms with van der Waals surface area (Å²) in [4.78, 5) is 18.5. The minimum absolute atomic E-state index is 0.0327. The first-order chi connectivity index (χ1) is 14.3. The summed E-state index contributed by atoms with van der Waals surface area (Å²) in [5.74, 6) is -0.926. The Bertz CT molecular complexity index is 1210. The van der Waals surface area contributed by atoms with Crippen LogP contribution in [0.2, 0.25) is 5.02 Å². The number of benzene rings is 1. The average Bonchev–Trinajstić information content (AvgIpc) is 3.11. The maximum Gasteiger partial charge on any atom is 0.413 e. The van der Waals surface area contributed by atoms with Crippen molar-refractivity contribution in [1.29, 1.82) is 0 Å². The highest BCUT2D eigenvalue weighted by atomic mass is 35.5. The van der Waals surface area contributed by atoms with E-state index in [0.717, 1.165) is 0 Å². The minimum Gasteiger partial charge on any atom is -0.330 e. The van der Waals surface area contributed by atoms with Crippen LogP contribution in [0, 0.1) is 0 Å². The van der Waals surface area contributed by atoms with Crippen LogP contribution in [0.5, 0.6) is 0 Å². The minimum atomic E-state index is -4.67. The Morgan fingerprint density at radius 1 is 1.13 bits per heavy atom. The standard InChI is InChI=1S/C21H14ClF3N4O/c22-15-7-3-5-13(11-15)17-16-8-1-2-10-29(16)19(27-17)20(30)28-18(21(23,24)25)14-6-4-9-26-12-14/h1-12,18H,(H,28,30)/p+2. The number of halogens is 4. The highest BCUT2D eigenvalue weighted by Gasteiger charge is 2.44. The molecule has 152 valence electrons. The van der Waals surface area contributed by atoms with Gasteiger partial charge in [-0.05, 0) is 30.3 Å². The molecule has 5 nitrogen and oxygen atoms in total. The Morgan fingerprint density at radius 2 is 1.97 bits per heavy atom. The number of aromatic nitrogens is 3. The van der Waals surface area contributed by atoms with E-state index in [1.165, 1.54) is 28.9 Å². The van der Waals surface area contributed by atoms with E-state index in [4.69, 9.17) is 11.6 Å². The van der Waals surface area contributed by atoms with Crippen molar-refractivity contribution in [3.05, 3.63) is 89.6 Å². The van der Waals surface area contributed by atoms with Gasteiger partial charge in [0.05, 0.1) is 6.20 Å². The van der Waals surface area contributed by atoms with Gasteiger partial charge < -0.3 is 5.32 Å². The molecule has 9 heteroatoms. The number of nitrogens with zero attached hydrogens (tertiary/aromatic N) is 1. The lowest BCUT2D eigenvalue weighted by Gasteiger charge is -2.19. The van der Waals surface area contributed by atoms with Crippen LogP contribution in [-0.4, -0.2) is 17.1 Å². The molecule has 1 aromatic carbocycles. The van der Waals surface area contributed by atoms with E-state index in [1.54, 1.807) is 48.7 Å². The van der Waals surface area contributed by atoms with Gasteiger partial charge in [-0.15, -0.1) is 0 Å². The lowest BCUT2D eigenvalue weighted by molar-refractivity contribution is -0.514. The molecule has 3 aromatic heterocycles. The summed E-state index contributed by atoms with van der Waals surface area (Å²) >= 11 is 6.07. The van der Waals surface area contributed by atoms with Crippen molar-refractivity contribution in [3.63, 3.8) is 0 Å². The predicted molar refractivity (Wildman–Crippen MR) is 104 cm³/mol. The second-order valence-electron chi connectivity index (χ2n) is 6.60. The molecule has 1 unspecified atom stereocenters. The molecule has 0 bridgehead atoms. The van der Waals surface area contributed by atoms with Crippen LogP contribution in [0.4, 0.5) is 13.2 Å². The molecule has 0 radical (unpaired) electrons. The molecule has 1 amide bonds. The molecule has 0 aliphatic rings. The third-order valence-electron chi connectivity index (χ3n) is 4.60. The first kappa shape index (κ1) is 19.9. The van der Waals surface area contributed by atoms with Gasteiger partial charge in [0, 0.05) is 22.2 Å². The summed E-state index contributed by atoms with van der Waals surface area (Å²) in [7, 11) is 0. The van der Waals surface area contributed by atoms with Crippen LogP contribution in [-0.2, 0) is 0 Å². The molecule has 0 fully saturated rings. The number of amides is 1. The maximum absolute atomic E-state index is 13.7. The quantitative estimate of drug-likeness (QED) is 0.472. The number of imidazole rings is 1. The summed E-state index contributed by atoms with van der Waals surface area (Å²) in [6, 6.07) is 12.8. The van der Waals surface area contributed by atoms with Gasteiger partial charge in [0.2, 0.25) is 0 Å². The Labute approximate surface area is 174 Å². The van der Waals surface area contributed by atoms with E-state index in [2.05, 4.69) is 15.3 Å². The Kier molecular flexibility index (Phi) is 5.17. The highest BCUT2D eigenvalue weighted by molar-refractivity contribution is 6.30. The molecule has 0 saturated carbocycles. The molecule has 0 aliphatic carbocycles. The van der Waals surface area contributed by atoms with Crippen LogP contribution in [0.15, 0.2) is 73.2 Å². The number of aromatic amines is 2. The molecule has 4 aromatic rings. The van der Waals surface area contributed by atoms with Gasteiger partial charge >= 0.3 is 17.9 Å². The molecule has 30 heavy (non-hydrogen) atoms. The number of fused-ring (bicyclic) bond motifs is 1. The van der Waals surface area contributed by atoms with Crippen molar-refractivity contribution in [1.82, 2.24) is 10.3 Å². The van der Waals surface area contributed by atoms with Crippen molar-refractivity contribution in [2.45, 2.75) is 12.2 Å². The number of hydrogen-bond donors (Lipinski definition) is 2. The van der Waals surface area contributed by atoms with E-state index in [0.29, 0.717) is 21.8 Å². The predicted octanol–water partition coefficient (Wildman–Crippen LogP) is 3.92. The van der Waals surface area contributed by atoms with E-state index >= 15 is 0 Å². The zero-order valence-corrected chi connectivity index (χ0v) is 16.1. The molecule has 3 N–H and O–H groups in total. The molecule has 0 aliphatic heterocycles. The monoisotopic (exact) mass is 432 g/mol. The van der Waals surface area contributed by atoms with E-state index in [-0.39, 0.29) is 11.4 Å². The molecule has 0 saturated heterocycles. The smallest absolute Gasteiger partial charge is 0.330 e. The number of rotatable bonds is 4. The van der Waals surface area contributed by atoms with Crippen molar-refractivity contribution < 1.29 is 27.4 Å². The molecule has 4 rings (SSSR count). The van der Waals surface area contributed by atoms with Crippen molar-refractivity contribution in [2.75, 3.05) is 0 Å². The van der Waals surface area contributed by atoms with E-state index < -0.39 is 18.1 Å². The average molecular weight is 433 g/mol. The van der Waals surface area contributed by atoms with Gasteiger partial charge in [0.25, 0.3) is 0 Å². The number of hydrogen-bond acceptors (Lipinski definition) is 1. The molecule has 0 spiro atoms. The fourth-order valence-electron chi connectivity index (χ4n) is 3.26. The number of carbonyl (C=O) groups is 1. The van der Waals surface area contributed by atoms with Gasteiger partial charge in [-0.2, -0.15) is 17.6 Å². The largest absolute Gasteiger partial charge is 0.413 e.